The summed E-state index contributed by atoms with van der Waals surface area (Å²) < 4.78 is 10.3. The molecule has 0 spiro atoms. The van der Waals surface area contributed by atoms with E-state index in [0.29, 0.717) is 0 Å². The highest BCUT2D eigenvalue weighted by atomic mass is 32.1. The molecule has 0 atom stereocenters. The summed E-state index contributed by atoms with van der Waals surface area (Å²) in [6, 6.07) is 113. The van der Waals surface area contributed by atoms with Gasteiger partial charge in [-0.15, -0.1) is 22.7 Å². The lowest BCUT2D eigenvalue weighted by molar-refractivity contribution is 0.569. The molecule has 0 saturated carbocycles. The fourth-order valence-electron chi connectivity index (χ4n) is 18.4. The zero-order valence-corrected chi connectivity index (χ0v) is 67.5. The third kappa shape index (κ3) is 10.8. The molecule has 0 amide bonds. The first-order valence-corrected chi connectivity index (χ1v) is 41.4. The highest BCUT2D eigenvalue weighted by Crippen LogP contribution is 2.56. The van der Waals surface area contributed by atoms with Crippen LogP contribution in [-0.2, 0) is 21.7 Å². The first-order valence-electron chi connectivity index (χ1n) is 39.7. The zero-order chi connectivity index (χ0) is 76.9. The van der Waals surface area contributed by atoms with Crippen LogP contribution in [0.4, 0.5) is 34.1 Å². The Hall–Kier alpha value is -12.1. The van der Waals surface area contributed by atoms with Gasteiger partial charge < -0.3 is 18.9 Å². The van der Waals surface area contributed by atoms with E-state index < -0.39 is 0 Å². The molecule has 113 heavy (non-hydrogen) atoms. The van der Waals surface area contributed by atoms with Gasteiger partial charge in [-0.05, 0) is 159 Å². The molecule has 0 aliphatic carbocycles. The van der Waals surface area contributed by atoms with E-state index in [9.17, 15) is 0 Å². The van der Waals surface area contributed by atoms with Crippen molar-refractivity contribution in [2.45, 2.75) is 105 Å². The van der Waals surface area contributed by atoms with Gasteiger partial charge in [-0.25, -0.2) is 0 Å². The van der Waals surface area contributed by atoms with Crippen molar-refractivity contribution in [2.75, 3.05) is 9.80 Å². The molecule has 13 aromatic carbocycles. The molecule has 19 aromatic rings. The monoisotopic (exact) mass is 1490 g/mol. The maximum atomic E-state index is 5.87. The molecule has 21 rings (SSSR count). The molecule has 0 fully saturated rings. The van der Waals surface area contributed by atoms with E-state index in [1.165, 1.54) is 106 Å². The maximum Gasteiger partial charge on any atom is 0.252 e. The third-order valence-corrected chi connectivity index (χ3v) is 26.4. The molecule has 2 aliphatic rings. The number of thiophene rings is 2. The van der Waals surface area contributed by atoms with E-state index in [1.54, 1.807) is 0 Å². The topological polar surface area (TPSA) is 42.1 Å². The molecule has 8 heterocycles. The highest BCUT2D eigenvalue weighted by Gasteiger charge is 2.47. The van der Waals surface area contributed by atoms with E-state index in [1.807, 2.05) is 22.7 Å². The normalized spacial score (nSPS) is 13.3. The minimum atomic E-state index is -0.376. The first-order chi connectivity index (χ1) is 54.6. The maximum absolute atomic E-state index is 5.87. The lowest BCUT2D eigenvalue weighted by Gasteiger charge is -2.46. The number of rotatable bonds is 8. The summed E-state index contributed by atoms with van der Waals surface area (Å²) in [6.45, 7) is 27.6. The predicted molar refractivity (Wildman–Crippen MR) is 487 cm³/mol. The van der Waals surface area contributed by atoms with Crippen molar-refractivity contribution < 1.29 is 0 Å². The van der Waals surface area contributed by atoms with Crippen LogP contribution in [0.2, 0.25) is 0 Å². The number of hydrogen-bond acceptors (Lipinski definition) is 6. The molecule has 0 N–H and O–H groups in total. The molecule has 0 bridgehead atoms. The van der Waals surface area contributed by atoms with Gasteiger partial charge in [0.05, 0.1) is 44.8 Å². The van der Waals surface area contributed by atoms with Gasteiger partial charge >= 0.3 is 0 Å². The second-order valence-electron chi connectivity index (χ2n) is 35.3. The molecule has 0 unspecified atom stereocenters. The fraction of sp³-hybridized carbons (Fsp3) is 0.154. The summed E-state index contributed by atoms with van der Waals surface area (Å²) in [6.07, 6.45) is 0. The molecule has 0 radical (unpaired) electrons. The fourth-order valence-corrected chi connectivity index (χ4v) is 20.9. The Balaban J connectivity index is 0.938. The standard InChI is InChI=1S/C104H85BN6S2/c1-101(2,3)64-56-76(80-40-28-46-92(106-80)103(7,8)9)98(77(57-64)81-41-29-47-93(107-81)104(10,11)12)111-87-61-67(109-83-43-24-20-37-75(83)95-85(109)55-51-73-71-35-22-26-45-91(71)113-100(73)95)49-53-79(87)105-78-52-48-66(108-82-42-23-19-36-74(82)94-84(108)54-50-72-70-34-21-25-44-90(70)112-99(72)94)60-86(78)110(88-58-65(102(4,5)6)59-89(111)96(88)105)97-68(62-30-15-13-16-31-62)38-27-39-69(97)63-32-17-14-18-33-63/h13-61H,1-12H3. The Labute approximate surface area is 668 Å². The molecule has 9 heteroatoms. The van der Waals surface area contributed by atoms with E-state index in [4.69, 9.17) is 9.97 Å². The molecule has 2 aliphatic heterocycles. The Bertz CT molecular complexity index is 7050. The quantitative estimate of drug-likeness (QED) is 0.142. The summed E-state index contributed by atoms with van der Waals surface area (Å²) in [5.74, 6) is 0. The van der Waals surface area contributed by atoms with Crippen molar-refractivity contribution in [3.8, 4) is 56.1 Å². The summed E-state index contributed by atoms with van der Waals surface area (Å²) >= 11 is 3.81. The van der Waals surface area contributed by atoms with Crippen LogP contribution in [0.15, 0.2) is 297 Å². The Morgan fingerprint density at radius 3 is 1.12 bits per heavy atom. The van der Waals surface area contributed by atoms with Crippen LogP contribution >= 0.6 is 22.7 Å². The second-order valence-corrected chi connectivity index (χ2v) is 37.4. The first kappa shape index (κ1) is 68.9. The van der Waals surface area contributed by atoms with Crippen molar-refractivity contribution in [1.82, 2.24) is 19.1 Å². The Morgan fingerprint density at radius 2 is 0.681 bits per heavy atom. The van der Waals surface area contributed by atoms with Crippen LogP contribution in [0.1, 0.15) is 106 Å². The Kier molecular flexibility index (Phi) is 15.3. The van der Waals surface area contributed by atoms with Crippen LogP contribution in [0.25, 0.3) is 140 Å². The number of hydrogen-bond donors (Lipinski definition) is 0. The predicted octanol–water partition coefficient (Wildman–Crippen LogP) is 27.3. The largest absolute Gasteiger partial charge is 0.310 e. The summed E-state index contributed by atoms with van der Waals surface area (Å²) in [4.78, 5) is 17.2. The van der Waals surface area contributed by atoms with E-state index in [-0.39, 0.29) is 28.4 Å². The third-order valence-electron chi connectivity index (χ3n) is 24.0. The molecular weight excluding hydrogens is 1410 g/mol. The number of aromatic nitrogens is 4. The number of pyridine rings is 2. The van der Waals surface area contributed by atoms with Gasteiger partial charge in [-0.2, -0.15) is 0 Å². The van der Waals surface area contributed by atoms with E-state index >= 15 is 0 Å². The van der Waals surface area contributed by atoms with Gasteiger partial charge in [0.2, 0.25) is 0 Å². The SMILES string of the molecule is CC(C)(C)c1cc(-c2cccc(C(C)(C)C)n2)c(N2c3cc(-n4c5ccccc5c5c6sc7ccccc7c6ccc54)ccc3B3c4ccc(-n5c6ccccc6c6c7sc8ccccc8c7ccc65)cc4N(c4c(-c5ccccc5)cccc4-c4ccccc4)c4cc(C(C)(C)C)cc2c43)c(-c2cccc(C(C)(C)C)n2)c1. The van der Waals surface area contributed by atoms with Crippen molar-refractivity contribution in [3.05, 3.63) is 320 Å². The second kappa shape index (κ2) is 25.2. The summed E-state index contributed by atoms with van der Waals surface area (Å²) in [5, 5.41) is 10.2. The lowest BCUT2D eigenvalue weighted by Crippen LogP contribution is -2.61. The zero-order valence-electron chi connectivity index (χ0n) is 65.9. The van der Waals surface area contributed by atoms with Gasteiger partial charge in [0.25, 0.3) is 6.71 Å². The van der Waals surface area contributed by atoms with Gasteiger partial charge in [-0.3, -0.25) is 9.97 Å². The average Bonchev–Trinajstić information content (AvgIpc) is 1.13. The van der Waals surface area contributed by atoms with Crippen molar-refractivity contribution in [1.29, 1.82) is 0 Å². The molecular formula is C104H85BN6S2. The number of benzene rings is 13. The van der Waals surface area contributed by atoms with Crippen LogP contribution in [0.3, 0.4) is 0 Å². The van der Waals surface area contributed by atoms with Gasteiger partial charge in [0.1, 0.15) is 0 Å². The number of para-hydroxylation sites is 3. The average molecular weight is 1490 g/mol. The lowest BCUT2D eigenvalue weighted by atomic mass is 9.33. The smallest absolute Gasteiger partial charge is 0.252 e. The van der Waals surface area contributed by atoms with Crippen LogP contribution in [0.5, 0.6) is 0 Å². The van der Waals surface area contributed by atoms with Crippen LogP contribution in [0, 0.1) is 0 Å². The molecule has 6 aromatic heterocycles. The summed E-state index contributed by atoms with van der Waals surface area (Å²) in [5.41, 5.74) is 28.7. The van der Waals surface area contributed by atoms with E-state index in [2.05, 4.69) is 399 Å². The minimum absolute atomic E-state index is 0.258. The number of fused-ring (bicyclic) bond motifs is 18. The van der Waals surface area contributed by atoms with Gasteiger partial charge in [-0.1, -0.05) is 271 Å². The van der Waals surface area contributed by atoms with Gasteiger partial charge in [0, 0.05) is 140 Å². The van der Waals surface area contributed by atoms with Gasteiger partial charge in [0.15, 0.2) is 0 Å². The van der Waals surface area contributed by atoms with Crippen molar-refractivity contribution >= 4 is 164 Å². The van der Waals surface area contributed by atoms with Crippen molar-refractivity contribution in [2.24, 2.45) is 0 Å². The molecule has 0 saturated heterocycles. The molecule has 6 nitrogen and oxygen atoms in total. The van der Waals surface area contributed by atoms with E-state index in [0.717, 1.165) is 107 Å². The number of nitrogens with zero attached hydrogens (tertiary/aromatic N) is 6. The van der Waals surface area contributed by atoms with Crippen LogP contribution in [-0.4, -0.2) is 25.8 Å². The summed E-state index contributed by atoms with van der Waals surface area (Å²) in [7, 11) is 0. The number of anilines is 6. The highest BCUT2D eigenvalue weighted by molar-refractivity contribution is 7.27. The van der Waals surface area contributed by atoms with Crippen LogP contribution < -0.4 is 26.2 Å². The molecule has 546 valence electrons. The Morgan fingerprint density at radius 1 is 0.292 bits per heavy atom. The minimum Gasteiger partial charge on any atom is -0.310 e. The van der Waals surface area contributed by atoms with Crippen molar-refractivity contribution in [3.63, 3.8) is 0 Å².